The highest BCUT2D eigenvalue weighted by atomic mass is 35.5. The summed E-state index contributed by atoms with van der Waals surface area (Å²) in [5.41, 5.74) is -1.58. The lowest BCUT2D eigenvalue weighted by molar-refractivity contribution is -0.137. The molecule has 2 nitrogen and oxygen atoms in total. The fourth-order valence-corrected chi connectivity index (χ4v) is 2.43. The van der Waals surface area contributed by atoms with E-state index in [-0.39, 0.29) is 5.92 Å². The Balaban J connectivity index is 2.26. The van der Waals surface area contributed by atoms with Crippen LogP contribution >= 0.6 is 11.6 Å². The van der Waals surface area contributed by atoms with E-state index in [2.05, 4.69) is 0 Å². The zero-order valence-corrected chi connectivity index (χ0v) is 11.1. The average Bonchev–Trinajstić information content (AvgIpc) is 2.86. The monoisotopic (exact) mass is 309 g/mol. The van der Waals surface area contributed by atoms with Gasteiger partial charge in [-0.25, -0.2) is 4.39 Å². The number of amides is 1. The summed E-state index contributed by atoms with van der Waals surface area (Å²) >= 11 is 5.68. The lowest BCUT2D eigenvalue weighted by atomic mass is 10.1. The number of hydrogen-bond acceptors (Lipinski definition) is 1. The normalized spacial score (nSPS) is 19.4. The summed E-state index contributed by atoms with van der Waals surface area (Å²) < 4.78 is 51.4. The molecule has 7 heteroatoms. The Morgan fingerprint density at radius 3 is 2.65 bits per heavy atom. The standard InChI is InChI=1S/C13H12ClF4NO/c14-6-8-3-4-19(7-8)12(20)10-5-9(13(16,17)18)1-2-11(10)15/h1-2,5,8H,3-4,6-7H2. The molecule has 0 aromatic heterocycles. The fourth-order valence-electron chi connectivity index (χ4n) is 2.18. The molecular formula is C13H12ClF4NO. The summed E-state index contributed by atoms with van der Waals surface area (Å²) in [6.45, 7) is 0.726. The van der Waals surface area contributed by atoms with Gasteiger partial charge in [0.2, 0.25) is 0 Å². The van der Waals surface area contributed by atoms with Crippen LogP contribution in [0, 0.1) is 11.7 Å². The maximum atomic E-state index is 13.6. The van der Waals surface area contributed by atoms with Crippen molar-refractivity contribution in [3.8, 4) is 0 Å². The number of likely N-dealkylation sites (tertiary alicyclic amines) is 1. The first kappa shape index (κ1) is 15.1. The van der Waals surface area contributed by atoms with Gasteiger partial charge in [0.05, 0.1) is 11.1 Å². The first-order valence-corrected chi connectivity index (χ1v) is 6.58. The van der Waals surface area contributed by atoms with E-state index >= 15 is 0 Å². The van der Waals surface area contributed by atoms with Gasteiger partial charge in [-0.15, -0.1) is 11.6 Å². The molecule has 1 fully saturated rings. The van der Waals surface area contributed by atoms with Crippen molar-refractivity contribution in [1.29, 1.82) is 0 Å². The molecule has 1 aliphatic rings. The number of alkyl halides is 4. The molecule has 0 aliphatic carbocycles. The third-order valence-corrected chi connectivity index (χ3v) is 3.75. The fraction of sp³-hybridized carbons (Fsp3) is 0.462. The van der Waals surface area contributed by atoms with Crippen LogP contribution in [-0.4, -0.2) is 29.8 Å². The number of nitrogens with zero attached hydrogens (tertiary/aromatic N) is 1. The van der Waals surface area contributed by atoms with Crippen LogP contribution in [0.5, 0.6) is 0 Å². The Labute approximate surface area is 118 Å². The Hall–Kier alpha value is -1.30. The van der Waals surface area contributed by atoms with Gasteiger partial charge in [0, 0.05) is 19.0 Å². The molecule has 1 heterocycles. The maximum Gasteiger partial charge on any atom is 0.416 e. The molecule has 1 atom stereocenters. The Morgan fingerprint density at radius 1 is 1.40 bits per heavy atom. The highest BCUT2D eigenvalue weighted by Gasteiger charge is 2.33. The zero-order chi connectivity index (χ0) is 14.9. The minimum absolute atomic E-state index is 0.106. The summed E-state index contributed by atoms with van der Waals surface area (Å²) in [7, 11) is 0. The van der Waals surface area contributed by atoms with Gasteiger partial charge in [-0.1, -0.05) is 0 Å². The SMILES string of the molecule is O=C(c1cc(C(F)(F)F)ccc1F)N1CCC(CCl)C1. The summed E-state index contributed by atoms with van der Waals surface area (Å²) in [5, 5.41) is 0. The molecule has 0 saturated carbocycles. The third-order valence-electron chi connectivity index (χ3n) is 3.32. The number of carbonyl (C=O) groups excluding carboxylic acids is 1. The van der Waals surface area contributed by atoms with E-state index in [9.17, 15) is 22.4 Å². The van der Waals surface area contributed by atoms with Gasteiger partial charge in [-0.3, -0.25) is 4.79 Å². The third kappa shape index (κ3) is 3.06. The molecule has 1 aromatic carbocycles. The van der Waals surface area contributed by atoms with Crippen molar-refractivity contribution in [2.75, 3.05) is 19.0 Å². The summed E-state index contributed by atoms with van der Waals surface area (Å²) in [5.74, 6) is -1.19. The largest absolute Gasteiger partial charge is 0.416 e. The number of rotatable bonds is 2. The van der Waals surface area contributed by atoms with Gasteiger partial charge < -0.3 is 4.90 Å². The molecule has 1 amide bonds. The lowest BCUT2D eigenvalue weighted by Gasteiger charge is -2.17. The minimum atomic E-state index is -4.60. The van der Waals surface area contributed by atoms with E-state index in [0.717, 1.165) is 0 Å². The highest BCUT2D eigenvalue weighted by Crippen LogP contribution is 2.31. The van der Waals surface area contributed by atoms with E-state index in [0.29, 0.717) is 43.6 Å². The van der Waals surface area contributed by atoms with Crippen LogP contribution in [-0.2, 0) is 6.18 Å². The number of hydrogen-bond donors (Lipinski definition) is 0. The predicted octanol–water partition coefficient (Wildman–Crippen LogP) is 3.55. The summed E-state index contributed by atoms with van der Waals surface area (Å²) in [6.07, 6.45) is -3.93. The van der Waals surface area contributed by atoms with E-state index in [1.54, 1.807) is 0 Å². The van der Waals surface area contributed by atoms with E-state index in [1.807, 2.05) is 0 Å². The van der Waals surface area contributed by atoms with Crippen LogP contribution in [0.15, 0.2) is 18.2 Å². The molecule has 0 spiro atoms. The second-order valence-corrected chi connectivity index (χ2v) is 5.06. The first-order valence-electron chi connectivity index (χ1n) is 6.05. The number of halogens is 5. The Kier molecular flexibility index (Phi) is 4.22. The van der Waals surface area contributed by atoms with Crippen molar-refractivity contribution in [2.45, 2.75) is 12.6 Å². The van der Waals surface area contributed by atoms with E-state index in [4.69, 9.17) is 11.6 Å². The van der Waals surface area contributed by atoms with Crippen molar-refractivity contribution >= 4 is 17.5 Å². The van der Waals surface area contributed by atoms with Gasteiger partial charge >= 0.3 is 6.18 Å². The van der Waals surface area contributed by atoms with E-state index in [1.165, 1.54) is 4.90 Å². The summed E-state index contributed by atoms with van der Waals surface area (Å²) in [4.78, 5) is 13.4. The van der Waals surface area contributed by atoms with Gasteiger partial charge in [0.1, 0.15) is 5.82 Å². The van der Waals surface area contributed by atoms with Crippen LogP contribution in [0.3, 0.4) is 0 Å². The quantitative estimate of drug-likeness (QED) is 0.604. The molecule has 0 bridgehead atoms. The molecule has 0 N–H and O–H groups in total. The van der Waals surface area contributed by atoms with Crippen LogP contribution in [0.1, 0.15) is 22.3 Å². The molecule has 1 saturated heterocycles. The van der Waals surface area contributed by atoms with Crippen molar-refractivity contribution in [3.63, 3.8) is 0 Å². The van der Waals surface area contributed by atoms with Gasteiger partial charge in [0.25, 0.3) is 5.91 Å². The van der Waals surface area contributed by atoms with Gasteiger partial charge in [-0.05, 0) is 30.5 Å². The van der Waals surface area contributed by atoms with Crippen molar-refractivity contribution in [3.05, 3.63) is 35.1 Å². The van der Waals surface area contributed by atoms with Gasteiger partial charge in [0.15, 0.2) is 0 Å². The smallest absolute Gasteiger partial charge is 0.338 e. The second kappa shape index (κ2) is 5.60. The van der Waals surface area contributed by atoms with Crippen molar-refractivity contribution in [2.24, 2.45) is 5.92 Å². The minimum Gasteiger partial charge on any atom is -0.338 e. The molecule has 2 rings (SSSR count). The topological polar surface area (TPSA) is 20.3 Å². The first-order chi connectivity index (χ1) is 9.32. The molecule has 1 unspecified atom stereocenters. The van der Waals surface area contributed by atoms with E-state index < -0.39 is 29.0 Å². The molecule has 20 heavy (non-hydrogen) atoms. The predicted molar refractivity (Wildman–Crippen MR) is 66.1 cm³/mol. The molecule has 1 aliphatic heterocycles. The molecule has 0 radical (unpaired) electrons. The second-order valence-electron chi connectivity index (χ2n) is 4.75. The highest BCUT2D eigenvalue weighted by molar-refractivity contribution is 6.18. The summed E-state index contributed by atoms with van der Waals surface area (Å²) in [6, 6.07) is 1.86. The zero-order valence-electron chi connectivity index (χ0n) is 10.4. The van der Waals surface area contributed by atoms with Crippen LogP contribution < -0.4 is 0 Å². The van der Waals surface area contributed by atoms with Crippen LogP contribution in [0.25, 0.3) is 0 Å². The van der Waals surface area contributed by atoms with Crippen LogP contribution in [0.4, 0.5) is 17.6 Å². The molecule has 110 valence electrons. The molecule has 1 aromatic rings. The Bertz CT molecular complexity index is 518. The lowest BCUT2D eigenvalue weighted by Crippen LogP contribution is -2.30. The van der Waals surface area contributed by atoms with Crippen LogP contribution in [0.2, 0.25) is 0 Å². The number of benzene rings is 1. The Morgan fingerprint density at radius 2 is 2.10 bits per heavy atom. The average molecular weight is 310 g/mol. The molecular weight excluding hydrogens is 298 g/mol. The number of carbonyl (C=O) groups is 1. The van der Waals surface area contributed by atoms with Crippen molar-refractivity contribution < 1.29 is 22.4 Å². The maximum absolute atomic E-state index is 13.6. The van der Waals surface area contributed by atoms with Gasteiger partial charge in [-0.2, -0.15) is 13.2 Å². The van der Waals surface area contributed by atoms with Crippen molar-refractivity contribution in [1.82, 2.24) is 4.90 Å².